The molecule has 3 saturated heterocycles. The number of carbonyl (C=O) groups is 12. The molecule has 3 aliphatic rings. The van der Waals surface area contributed by atoms with Crippen LogP contribution >= 0.6 is 21.6 Å². The van der Waals surface area contributed by atoms with Gasteiger partial charge >= 0.3 is 5.97 Å². The second-order valence-electron chi connectivity index (χ2n) is 20.7. The van der Waals surface area contributed by atoms with Gasteiger partial charge in [0.15, 0.2) is 0 Å². The normalized spacial score (nSPS) is 26.6. The lowest BCUT2D eigenvalue weighted by Crippen LogP contribution is -2.62. The summed E-state index contributed by atoms with van der Waals surface area (Å²) in [7, 11) is 1.70. The maximum Gasteiger partial charge on any atom is 0.326 e. The van der Waals surface area contributed by atoms with E-state index in [4.69, 9.17) is 11.5 Å². The van der Waals surface area contributed by atoms with Crippen molar-refractivity contribution in [1.29, 1.82) is 0 Å². The minimum absolute atomic E-state index is 0.0597. The summed E-state index contributed by atoms with van der Waals surface area (Å²) < 4.78 is 0. The molecule has 13 atom stereocenters. The fraction of sp³-hybridized carbons (Fsp3) is 0.654. The van der Waals surface area contributed by atoms with E-state index in [0.717, 1.165) is 28.5 Å². The van der Waals surface area contributed by atoms with Crippen LogP contribution in [-0.4, -0.2) is 224 Å². The number of aliphatic carboxylic acids is 1. The Morgan fingerprint density at radius 2 is 1.33 bits per heavy atom. The van der Waals surface area contributed by atoms with Gasteiger partial charge in [-0.1, -0.05) is 54.0 Å². The Bertz CT molecular complexity index is 2450. The van der Waals surface area contributed by atoms with Crippen LogP contribution in [0.3, 0.4) is 0 Å². The van der Waals surface area contributed by atoms with E-state index in [9.17, 15) is 83.1 Å². The summed E-state index contributed by atoms with van der Waals surface area (Å²) in [5, 5.41) is 71.4. The first-order chi connectivity index (χ1) is 39.5. The average molecular weight is 1210 g/mol. The molecule has 0 bridgehead atoms. The molecule has 31 heteroatoms. The number of carboxylic acid groups (broad SMARTS) is 1. The third-order valence-corrected chi connectivity index (χ3v) is 16.9. The lowest BCUT2D eigenvalue weighted by Gasteiger charge is -2.35. The van der Waals surface area contributed by atoms with Crippen LogP contribution in [-0.2, 0) is 64.0 Å². The predicted molar refractivity (Wildman–Crippen MR) is 301 cm³/mol. The van der Waals surface area contributed by atoms with Crippen molar-refractivity contribution in [2.24, 2.45) is 17.4 Å². The van der Waals surface area contributed by atoms with Crippen molar-refractivity contribution in [1.82, 2.24) is 52.3 Å². The minimum Gasteiger partial charge on any atom is -0.508 e. The van der Waals surface area contributed by atoms with Crippen LogP contribution in [0.2, 0.25) is 0 Å². The van der Waals surface area contributed by atoms with Gasteiger partial charge in [-0.2, -0.15) is 0 Å². The molecule has 1 aromatic rings. The van der Waals surface area contributed by atoms with Gasteiger partial charge in [0.05, 0.1) is 31.4 Å². The number of aliphatic hydroxyl groups excluding tert-OH is 3. The summed E-state index contributed by atoms with van der Waals surface area (Å²) >= 11 is 0. The van der Waals surface area contributed by atoms with Gasteiger partial charge in [0, 0.05) is 37.4 Å². The third kappa shape index (κ3) is 20.6. The number of amides is 10. The second kappa shape index (κ2) is 34.2. The molecule has 29 nitrogen and oxygen atoms in total. The first-order valence-corrected chi connectivity index (χ1v) is 30.1. The maximum absolute atomic E-state index is 14.6. The largest absolute Gasteiger partial charge is 0.508 e. The number of aromatic hydroxyl groups is 1. The van der Waals surface area contributed by atoms with Gasteiger partial charge in [-0.05, 0) is 88.4 Å². The first kappa shape index (κ1) is 68.9. The van der Waals surface area contributed by atoms with Crippen molar-refractivity contribution in [3.8, 4) is 5.75 Å². The van der Waals surface area contributed by atoms with Crippen LogP contribution in [0.5, 0.6) is 5.75 Å². The molecule has 0 spiro atoms. The zero-order valence-electron chi connectivity index (χ0n) is 46.6. The SMILES string of the molecule is CC[C@H](C)[C@@H]1NC(=O)[C@H](CO)NC(=O)[C@@H](CCCCN)NC(=O)[C@H]([C@@H](C)O)NC(=O)[C@H](N[C@H](C=O)CO)CSSC[C@H](C(=O)N[C@@H](Cc2ccc(O)cc2)C(=O)O)NC(=O)[C@@H](CCC(N)=O)NC(=O)[C@@H]2CCCN2C(=O)[C@@H]2CCCN2C1=O. The smallest absolute Gasteiger partial charge is 0.326 e. The molecule has 0 saturated carbocycles. The topological polar surface area (TPSA) is 461 Å². The van der Waals surface area contributed by atoms with E-state index in [1.54, 1.807) is 13.8 Å². The number of nitrogens with one attached hydrogen (secondary N) is 8. The molecule has 3 aliphatic heterocycles. The average Bonchev–Trinajstić information content (AvgIpc) is 4.26. The van der Waals surface area contributed by atoms with Gasteiger partial charge in [-0.15, -0.1) is 0 Å². The number of unbranched alkanes of at least 4 members (excludes halogenated alkanes) is 1. The number of fused-ring (bicyclic) bond motifs is 2. The monoisotopic (exact) mass is 1210 g/mol. The molecule has 3 fully saturated rings. The number of aldehydes is 1. The number of benzene rings is 1. The van der Waals surface area contributed by atoms with E-state index in [2.05, 4.69) is 42.5 Å². The molecule has 4 rings (SSSR count). The van der Waals surface area contributed by atoms with Crippen molar-refractivity contribution >= 4 is 92.9 Å². The summed E-state index contributed by atoms with van der Waals surface area (Å²) in [5.74, 6) is -12.1. The fourth-order valence-electron chi connectivity index (χ4n) is 9.49. The van der Waals surface area contributed by atoms with Crippen molar-refractivity contribution in [2.75, 3.05) is 44.4 Å². The number of nitrogens with two attached hydrogens (primary N) is 2. The van der Waals surface area contributed by atoms with Crippen molar-refractivity contribution in [3.63, 3.8) is 0 Å². The van der Waals surface area contributed by atoms with Crippen molar-refractivity contribution < 1.29 is 83.1 Å². The van der Waals surface area contributed by atoms with Gasteiger partial charge in [-0.25, -0.2) is 4.79 Å². The Hall–Kier alpha value is -6.64. The van der Waals surface area contributed by atoms with E-state index in [1.807, 2.05) is 0 Å². The zero-order chi connectivity index (χ0) is 61.5. The molecular weight excluding hydrogens is 1130 g/mol. The van der Waals surface area contributed by atoms with E-state index in [1.165, 1.54) is 34.1 Å². The van der Waals surface area contributed by atoms with Crippen LogP contribution in [0, 0.1) is 5.92 Å². The highest BCUT2D eigenvalue weighted by atomic mass is 33.1. The molecule has 10 amide bonds. The van der Waals surface area contributed by atoms with Gasteiger partial charge in [0.1, 0.15) is 66.4 Å². The molecule has 17 N–H and O–H groups in total. The van der Waals surface area contributed by atoms with Crippen LogP contribution < -0.4 is 54.0 Å². The van der Waals surface area contributed by atoms with E-state index in [0.29, 0.717) is 37.5 Å². The number of aliphatic hydroxyl groups is 3. The van der Waals surface area contributed by atoms with Crippen LogP contribution in [0.4, 0.5) is 0 Å². The molecule has 462 valence electrons. The predicted octanol–water partition coefficient (Wildman–Crippen LogP) is -4.88. The van der Waals surface area contributed by atoms with Crippen LogP contribution in [0.1, 0.15) is 90.5 Å². The standard InChI is InChI=1S/C52H80N12O17S2/c1-4-27(2)41-51(79)64-20-8-11-39(64)50(78)63-19-7-10-38(63)48(76)56-33(16-17-40(54)70)44(72)60-37(46(74)58-34(52(80)81)21-29-12-14-31(69)15-13-29)26-83-82-25-36(55-30(22-65)23-66)47(75)62-42(28(3)68)49(77)57-32(9-5-6-18-53)43(71)59-35(24-67)45(73)61-41/h12-15,22,27-28,30,32-39,41-42,55,66-69H,4-11,16-21,23-26,53H2,1-3H3,(H2,54,70)(H,56,76)(H,57,77)(H,58,74)(H,59,71)(H,60,72)(H,61,73)(H,62,75)(H,80,81)/t27-,28+,30+,32+,33+,34-,35-,36+,37+,38-,39-,41-,42-/m0/s1. The number of hydrogen-bond acceptors (Lipinski definition) is 20. The number of phenols is 1. The van der Waals surface area contributed by atoms with Gasteiger partial charge in [0.2, 0.25) is 59.1 Å². The summed E-state index contributed by atoms with van der Waals surface area (Å²) in [4.78, 5) is 168. The highest BCUT2D eigenvalue weighted by molar-refractivity contribution is 8.76. The molecule has 0 aromatic heterocycles. The van der Waals surface area contributed by atoms with E-state index < -0.39 is 175 Å². The van der Waals surface area contributed by atoms with Crippen molar-refractivity contribution in [3.05, 3.63) is 29.8 Å². The van der Waals surface area contributed by atoms with Crippen molar-refractivity contribution in [2.45, 2.75) is 164 Å². The number of nitrogens with zero attached hydrogens (tertiary/aromatic N) is 2. The highest BCUT2D eigenvalue weighted by Crippen LogP contribution is 2.28. The molecule has 0 radical (unpaired) electrons. The van der Waals surface area contributed by atoms with Gasteiger partial charge < -0.3 is 88.8 Å². The quantitative estimate of drug-likeness (QED) is 0.0331. The van der Waals surface area contributed by atoms with E-state index >= 15 is 0 Å². The van der Waals surface area contributed by atoms with Crippen LogP contribution in [0.25, 0.3) is 0 Å². The number of phenolic OH excluding ortho intramolecular Hbond substituents is 1. The molecule has 3 heterocycles. The lowest BCUT2D eigenvalue weighted by atomic mass is 9.96. The summed E-state index contributed by atoms with van der Waals surface area (Å²) in [6, 6.07) is -10.8. The minimum atomic E-state index is -1.80. The number of primary amides is 1. The molecule has 0 aliphatic carbocycles. The Morgan fingerprint density at radius 3 is 1.92 bits per heavy atom. The Kier molecular flexibility index (Phi) is 28.4. The first-order valence-electron chi connectivity index (χ1n) is 27.6. The number of carbonyl (C=O) groups excluding carboxylic acids is 11. The molecule has 1 aromatic carbocycles. The van der Waals surface area contributed by atoms with E-state index in [-0.39, 0.29) is 63.2 Å². The summed E-state index contributed by atoms with van der Waals surface area (Å²) in [6.45, 7) is 3.11. The highest BCUT2D eigenvalue weighted by Gasteiger charge is 2.45. The lowest BCUT2D eigenvalue weighted by molar-refractivity contribution is -0.149. The Labute approximate surface area is 487 Å². The molecule has 83 heavy (non-hydrogen) atoms. The third-order valence-electron chi connectivity index (χ3n) is 14.5. The van der Waals surface area contributed by atoms with Crippen LogP contribution in [0.15, 0.2) is 24.3 Å². The van der Waals surface area contributed by atoms with Gasteiger partial charge in [-0.3, -0.25) is 53.3 Å². The molecular formula is C52H80N12O17S2. The number of rotatable bonds is 20. The summed E-state index contributed by atoms with van der Waals surface area (Å²) in [6.07, 6.45) is -0.719. The fourth-order valence-corrected chi connectivity index (χ4v) is 11.8. The maximum atomic E-state index is 14.6. The zero-order valence-corrected chi connectivity index (χ0v) is 48.3. The van der Waals surface area contributed by atoms with Gasteiger partial charge in [0.25, 0.3) is 0 Å². The molecule has 0 unspecified atom stereocenters. The Morgan fingerprint density at radius 1 is 0.747 bits per heavy atom. The Balaban J connectivity index is 1.81. The number of hydrogen-bond donors (Lipinski definition) is 15. The second-order valence-corrected chi connectivity index (χ2v) is 23.2. The number of carboxylic acids is 1. The summed E-state index contributed by atoms with van der Waals surface area (Å²) in [5.41, 5.74) is 11.6.